The van der Waals surface area contributed by atoms with Crippen LogP contribution in [0.5, 0.6) is 0 Å². The molecule has 1 amide bonds. The number of H-pyrrole nitrogens is 1. The fourth-order valence-electron chi connectivity index (χ4n) is 3.09. The van der Waals surface area contributed by atoms with Crippen LogP contribution in [0.4, 0.5) is 10.7 Å². The lowest BCUT2D eigenvalue weighted by Gasteiger charge is -2.18. The van der Waals surface area contributed by atoms with E-state index in [1.165, 1.54) is 16.9 Å². The van der Waals surface area contributed by atoms with Crippen molar-refractivity contribution in [3.8, 4) is 0 Å². The van der Waals surface area contributed by atoms with Crippen molar-refractivity contribution in [1.29, 1.82) is 0 Å². The van der Waals surface area contributed by atoms with Crippen molar-refractivity contribution < 1.29 is 4.79 Å². The molecule has 3 aromatic heterocycles. The zero-order chi connectivity index (χ0) is 19.5. The average molecular weight is 392 g/mol. The molecule has 0 aliphatic carbocycles. The summed E-state index contributed by atoms with van der Waals surface area (Å²) in [6.45, 7) is 2.36. The number of aromatic amines is 1. The van der Waals surface area contributed by atoms with Gasteiger partial charge in [0.25, 0.3) is 5.91 Å². The maximum absolute atomic E-state index is 12.9. The van der Waals surface area contributed by atoms with Crippen molar-refractivity contribution in [3.05, 3.63) is 76.9 Å². The van der Waals surface area contributed by atoms with E-state index in [9.17, 15) is 4.79 Å². The molecule has 28 heavy (non-hydrogen) atoms. The molecule has 6 nitrogen and oxygen atoms in total. The molecular formula is C21H21N5OS. The van der Waals surface area contributed by atoms with Gasteiger partial charge >= 0.3 is 0 Å². The molecule has 1 unspecified atom stereocenters. The second-order valence-electron chi connectivity index (χ2n) is 6.56. The number of aromatic nitrogens is 2. The molecule has 0 aliphatic heterocycles. The van der Waals surface area contributed by atoms with Crippen LogP contribution in [0.25, 0.3) is 11.0 Å². The van der Waals surface area contributed by atoms with Gasteiger partial charge in [-0.25, -0.2) is 4.98 Å². The number of carbonyl (C=O) groups excluding carboxylic acids is 1. The minimum absolute atomic E-state index is 0.154. The molecule has 0 bridgehead atoms. The highest BCUT2D eigenvalue weighted by Crippen LogP contribution is 2.30. The maximum atomic E-state index is 12.9. The Hall–Kier alpha value is -3.16. The Morgan fingerprint density at radius 3 is 2.82 bits per heavy atom. The van der Waals surface area contributed by atoms with Gasteiger partial charge in [0.1, 0.15) is 10.6 Å². The number of hydrogen-bond acceptors (Lipinski definition) is 5. The molecule has 0 saturated carbocycles. The number of carbonyl (C=O) groups is 1. The molecule has 1 aromatic carbocycles. The van der Waals surface area contributed by atoms with Crippen molar-refractivity contribution in [2.45, 2.75) is 13.0 Å². The Morgan fingerprint density at radius 1 is 1.21 bits per heavy atom. The van der Waals surface area contributed by atoms with Gasteiger partial charge in [0.15, 0.2) is 0 Å². The minimum Gasteiger partial charge on any atom is -0.346 e. The van der Waals surface area contributed by atoms with Crippen molar-refractivity contribution in [1.82, 2.24) is 15.3 Å². The van der Waals surface area contributed by atoms with Crippen molar-refractivity contribution in [2.75, 3.05) is 11.9 Å². The Kier molecular flexibility index (Phi) is 5.10. The largest absolute Gasteiger partial charge is 0.346 e. The fraction of sp³-hybridized carbons (Fsp3) is 0.143. The van der Waals surface area contributed by atoms with E-state index in [0.717, 1.165) is 27.3 Å². The molecule has 0 aliphatic rings. The zero-order valence-electron chi connectivity index (χ0n) is 15.4. The first kappa shape index (κ1) is 18.2. The number of nitrogens with zero attached hydrogens (tertiary/aromatic N) is 1. The number of amides is 1. The smallest absolute Gasteiger partial charge is 0.254 e. The lowest BCUT2D eigenvalue weighted by atomic mass is 10.0. The molecule has 0 fully saturated rings. The highest BCUT2D eigenvalue weighted by Gasteiger charge is 2.18. The fourth-order valence-corrected chi connectivity index (χ4v) is 3.89. The summed E-state index contributed by atoms with van der Waals surface area (Å²) in [6, 6.07) is 13.5. The summed E-state index contributed by atoms with van der Waals surface area (Å²) in [5, 5.41) is 10.1. The summed E-state index contributed by atoms with van der Waals surface area (Å²) in [5.41, 5.74) is 10.4. The average Bonchev–Trinajstić information content (AvgIpc) is 3.36. The lowest BCUT2D eigenvalue weighted by Crippen LogP contribution is -2.33. The number of fused-ring (bicyclic) bond motifs is 1. The Balaban J connectivity index is 1.55. The maximum Gasteiger partial charge on any atom is 0.254 e. The number of aryl methyl sites for hydroxylation is 1. The highest BCUT2D eigenvalue weighted by atomic mass is 32.1. The number of anilines is 2. The third-order valence-electron chi connectivity index (χ3n) is 4.64. The van der Waals surface area contributed by atoms with E-state index in [1.54, 1.807) is 6.20 Å². The first-order chi connectivity index (χ1) is 13.7. The summed E-state index contributed by atoms with van der Waals surface area (Å²) in [7, 11) is 0. The summed E-state index contributed by atoms with van der Waals surface area (Å²) in [4.78, 5) is 20.3. The first-order valence-electron chi connectivity index (χ1n) is 9.00. The van der Waals surface area contributed by atoms with E-state index in [1.807, 2.05) is 61.0 Å². The van der Waals surface area contributed by atoms with Gasteiger partial charge in [-0.15, -0.1) is 11.3 Å². The summed E-state index contributed by atoms with van der Waals surface area (Å²) >= 11 is 1.48. The summed E-state index contributed by atoms with van der Waals surface area (Å²) in [5.74, 6) is -0.154. The van der Waals surface area contributed by atoms with Crippen LogP contribution in [0.3, 0.4) is 0 Å². The molecule has 142 valence electrons. The number of rotatable bonds is 6. The van der Waals surface area contributed by atoms with Gasteiger partial charge < -0.3 is 21.4 Å². The zero-order valence-corrected chi connectivity index (χ0v) is 16.2. The number of hydrogen-bond donors (Lipinski definition) is 4. The summed E-state index contributed by atoms with van der Waals surface area (Å²) in [6.07, 6.45) is 3.58. The van der Waals surface area contributed by atoms with Gasteiger partial charge in [-0.2, -0.15) is 0 Å². The molecule has 1 atom stereocenters. The molecule has 0 spiro atoms. The van der Waals surface area contributed by atoms with Crippen LogP contribution in [0.2, 0.25) is 0 Å². The van der Waals surface area contributed by atoms with E-state index < -0.39 is 0 Å². The van der Waals surface area contributed by atoms with E-state index in [4.69, 9.17) is 5.73 Å². The van der Waals surface area contributed by atoms with Crippen LogP contribution in [0.15, 0.2) is 60.2 Å². The molecule has 0 saturated heterocycles. The van der Waals surface area contributed by atoms with E-state index in [-0.39, 0.29) is 11.9 Å². The number of benzene rings is 1. The standard InChI is InChI=1S/C21H21N5OS/c1-13-2-4-14(5-3-13)18(12-22)25-20(27)16-8-11-28-21(16)26-17-7-10-24-19-15(17)6-9-23-19/h2-11,18H,12,22H2,1H3,(H,25,27)(H2,23,24,26). The molecule has 0 radical (unpaired) electrons. The second kappa shape index (κ2) is 7.84. The van der Waals surface area contributed by atoms with E-state index in [2.05, 4.69) is 20.6 Å². The molecule has 4 aromatic rings. The van der Waals surface area contributed by atoms with Crippen LogP contribution in [-0.2, 0) is 0 Å². The second-order valence-corrected chi connectivity index (χ2v) is 7.48. The highest BCUT2D eigenvalue weighted by molar-refractivity contribution is 7.14. The predicted molar refractivity (Wildman–Crippen MR) is 114 cm³/mol. The third kappa shape index (κ3) is 3.62. The van der Waals surface area contributed by atoms with Gasteiger partial charge in [-0.1, -0.05) is 29.8 Å². The van der Waals surface area contributed by atoms with Gasteiger partial charge in [0.05, 0.1) is 17.3 Å². The van der Waals surface area contributed by atoms with Crippen LogP contribution in [0, 0.1) is 6.92 Å². The predicted octanol–water partition coefficient (Wildman–Crippen LogP) is 4.11. The Labute approximate surface area is 166 Å². The van der Waals surface area contributed by atoms with E-state index >= 15 is 0 Å². The van der Waals surface area contributed by atoms with Gasteiger partial charge in [0.2, 0.25) is 0 Å². The molecule has 3 heterocycles. The quantitative estimate of drug-likeness (QED) is 0.398. The lowest BCUT2D eigenvalue weighted by molar-refractivity contribution is 0.0939. The van der Waals surface area contributed by atoms with Gasteiger partial charge in [0, 0.05) is 24.3 Å². The molecule has 7 heteroatoms. The van der Waals surface area contributed by atoms with Crippen LogP contribution in [-0.4, -0.2) is 22.4 Å². The van der Waals surface area contributed by atoms with Gasteiger partial charge in [-0.05, 0) is 36.1 Å². The molecule has 5 N–H and O–H groups in total. The van der Waals surface area contributed by atoms with Crippen molar-refractivity contribution >= 4 is 39.0 Å². The number of thiophene rings is 1. The van der Waals surface area contributed by atoms with Crippen molar-refractivity contribution in [3.63, 3.8) is 0 Å². The minimum atomic E-state index is -0.238. The molecular weight excluding hydrogens is 370 g/mol. The number of pyridine rings is 1. The van der Waals surface area contributed by atoms with E-state index in [0.29, 0.717) is 12.1 Å². The third-order valence-corrected chi connectivity index (χ3v) is 5.47. The molecule has 4 rings (SSSR count). The Bertz CT molecular complexity index is 1100. The summed E-state index contributed by atoms with van der Waals surface area (Å²) < 4.78 is 0. The van der Waals surface area contributed by atoms with Crippen LogP contribution < -0.4 is 16.4 Å². The normalized spacial score (nSPS) is 12.1. The van der Waals surface area contributed by atoms with Crippen molar-refractivity contribution in [2.24, 2.45) is 5.73 Å². The Morgan fingerprint density at radius 2 is 2.04 bits per heavy atom. The number of nitrogens with two attached hydrogens (primary N) is 1. The van der Waals surface area contributed by atoms with Gasteiger partial charge in [-0.3, -0.25) is 4.79 Å². The number of nitrogens with one attached hydrogen (secondary N) is 3. The topological polar surface area (TPSA) is 95.8 Å². The van der Waals surface area contributed by atoms with Crippen LogP contribution in [0.1, 0.15) is 27.5 Å². The first-order valence-corrected chi connectivity index (χ1v) is 9.88. The SMILES string of the molecule is Cc1ccc(C(CN)NC(=O)c2ccsc2Nc2ccnc3[nH]ccc23)cc1. The monoisotopic (exact) mass is 391 g/mol. The van der Waals surface area contributed by atoms with Crippen LogP contribution >= 0.6 is 11.3 Å².